The lowest BCUT2D eigenvalue weighted by Gasteiger charge is -2.15. The first-order chi connectivity index (χ1) is 12.8. The second-order valence-corrected chi connectivity index (χ2v) is 7.20. The minimum Gasteiger partial charge on any atom is -0.381 e. The maximum absolute atomic E-state index is 13.2. The number of carbonyl (C=O) groups is 1. The van der Waals surface area contributed by atoms with Crippen molar-refractivity contribution in [3.63, 3.8) is 0 Å². The third kappa shape index (κ3) is 5.23. The van der Waals surface area contributed by atoms with Gasteiger partial charge in [-0.05, 0) is 42.3 Å². The van der Waals surface area contributed by atoms with Crippen LogP contribution >= 0.6 is 15.9 Å². The molecule has 0 spiro atoms. The summed E-state index contributed by atoms with van der Waals surface area (Å²) in [6.45, 7) is 1.42. The molecule has 1 fully saturated rings. The number of hydrogen-bond donors (Lipinski definition) is 2. The van der Waals surface area contributed by atoms with E-state index in [0.29, 0.717) is 29.9 Å². The highest BCUT2D eigenvalue weighted by atomic mass is 79.9. The molecule has 0 bridgehead atoms. The maximum atomic E-state index is 13.2. The van der Waals surface area contributed by atoms with E-state index >= 15 is 0 Å². The van der Waals surface area contributed by atoms with Crippen molar-refractivity contribution in [3.05, 3.63) is 58.1 Å². The summed E-state index contributed by atoms with van der Waals surface area (Å²) in [5.41, 5.74) is 0.627. The number of halogens is 4. The van der Waals surface area contributed by atoms with Gasteiger partial charge in [0.2, 0.25) is 5.91 Å². The highest BCUT2D eigenvalue weighted by molar-refractivity contribution is 9.10. The molecule has 144 valence electrons. The predicted octanol–water partition coefficient (Wildman–Crippen LogP) is 4.86. The van der Waals surface area contributed by atoms with Crippen LogP contribution in [0.5, 0.6) is 0 Å². The molecule has 1 unspecified atom stereocenters. The third-order valence-corrected chi connectivity index (χ3v) is 4.78. The van der Waals surface area contributed by atoms with E-state index in [2.05, 4.69) is 26.6 Å². The fourth-order valence-electron chi connectivity index (χ4n) is 2.80. The summed E-state index contributed by atoms with van der Waals surface area (Å²) in [6.07, 6.45) is -3.73. The largest absolute Gasteiger partial charge is 0.418 e. The summed E-state index contributed by atoms with van der Waals surface area (Å²) < 4.78 is 45.1. The van der Waals surface area contributed by atoms with Crippen molar-refractivity contribution in [3.8, 4) is 0 Å². The Bertz CT molecular complexity index is 804. The van der Waals surface area contributed by atoms with Crippen molar-refractivity contribution < 1.29 is 22.7 Å². The summed E-state index contributed by atoms with van der Waals surface area (Å²) in [5.74, 6) is -0.150. The number of nitrogens with one attached hydrogen (secondary N) is 2. The fraction of sp³-hybridized carbons (Fsp3) is 0.316. The molecule has 2 N–H and O–H groups in total. The lowest BCUT2D eigenvalue weighted by atomic mass is 10.1. The molecule has 0 radical (unpaired) electrons. The van der Waals surface area contributed by atoms with Crippen LogP contribution in [0.2, 0.25) is 0 Å². The van der Waals surface area contributed by atoms with Gasteiger partial charge < -0.3 is 15.4 Å². The van der Waals surface area contributed by atoms with Crippen LogP contribution in [0.15, 0.2) is 46.9 Å². The van der Waals surface area contributed by atoms with E-state index in [-0.39, 0.29) is 17.5 Å². The SMILES string of the molecule is O=C(NCc1ccc(Nc2ccc(Br)cc2C(F)(F)F)cc1)C1CCOC1. The summed E-state index contributed by atoms with van der Waals surface area (Å²) in [6, 6.07) is 10.9. The van der Waals surface area contributed by atoms with E-state index in [9.17, 15) is 18.0 Å². The van der Waals surface area contributed by atoms with Crippen LogP contribution < -0.4 is 10.6 Å². The lowest BCUT2D eigenvalue weighted by molar-refractivity contribution is -0.137. The number of ether oxygens (including phenoxy) is 1. The highest BCUT2D eigenvalue weighted by Crippen LogP contribution is 2.37. The maximum Gasteiger partial charge on any atom is 0.418 e. The molecule has 1 atom stereocenters. The molecule has 8 heteroatoms. The Morgan fingerprint density at radius 3 is 2.56 bits per heavy atom. The average molecular weight is 443 g/mol. The minimum absolute atomic E-state index is 0.0204. The van der Waals surface area contributed by atoms with Gasteiger partial charge in [0.1, 0.15) is 0 Å². The van der Waals surface area contributed by atoms with Crippen LogP contribution in [0.3, 0.4) is 0 Å². The van der Waals surface area contributed by atoms with Crippen LogP contribution in [-0.2, 0) is 22.3 Å². The first-order valence-electron chi connectivity index (χ1n) is 8.41. The van der Waals surface area contributed by atoms with E-state index in [1.54, 1.807) is 30.3 Å². The van der Waals surface area contributed by atoms with Gasteiger partial charge in [-0.1, -0.05) is 28.1 Å². The molecule has 1 heterocycles. The Hall–Kier alpha value is -2.06. The number of amides is 1. The Morgan fingerprint density at radius 1 is 1.19 bits per heavy atom. The summed E-state index contributed by atoms with van der Waals surface area (Å²) >= 11 is 3.07. The predicted molar refractivity (Wildman–Crippen MR) is 99.6 cm³/mol. The van der Waals surface area contributed by atoms with Crippen LogP contribution in [0.25, 0.3) is 0 Å². The molecule has 0 saturated carbocycles. The quantitative estimate of drug-likeness (QED) is 0.694. The van der Waals surface area contributed by atoms with Crippen molar-refractivity contribution in [2.75, 3.05) is 18.5 Å². The van der Waals surface area contributed by atoms with E-state index in [1.165, 1.54) is 6.07 Å². The summed E-state index contributed by atoms with van der Waals surface area (Å²) in [5, 5.41) is 5.65. The molecule has 0 aromatic heterocycles. The number of alkyl halides is 3. The molecule has 27 heavy (non-hydrogen) atoms. The van der Waals surface area contributed by atoms with Crippen LogP contribution in [0, 0.1) is 5.92 Å². The Morgan fingerprint density at radius 2 is 1.93 bits per heavy atom. The topological polar surface area (TPSA) is 50.4 Å². The van der Waals surface area contributed by atoms with Crippen LogP contribution in [0.4, 0.5) is 24.5 Å². The molecule has 1 saturated heterocycles. The zero-order chi connectivity index (χ0) is 19.4. The van der Waals surface area contributed by atoms with Crippen molar-refractivity contribution in [2.24, 2.45) is 5.92 Å². The number of anilines is 2. The number of rotatable bonds is 5. The van der Waals surface area contributed by atoms with Gasteiger partial charge in [-0.15, -0.1) is 0 Å². The second kappa shape index (κ2) is 8.31. The van der Waals surface area contributed by atoms with Gasteiger partial charge >= 0.3 is 6.18 Å². The smallest absolute Gasteiger partial charge is 0.381 e. The standard InChI is InChI=1S/C19H18BrF3N2O2/c20-14-3-6-17(16(9-14)19(21,22)23)25-15-4-1-12(2-5-15)10-24-18(26)13-7-8-27-11-13/h1-6,9,13,25H,7-8,10-11H2,(H,24,26). The molecule has 4 nitrogen and oxygen atoms in total. The third-order valence-electron chi connectivity index (χ3n) is 4.29. The molecular formula is C19H18BrF3N2O2. The van der Waals surface area contributed by atoms with Gasteiger partial charge in [0.15, 0.2) is 0 Å². The van der Waals surface area contributed by atoms with Gasteiger partial charge in [0.05, 0.1) is 23.8 Å². The monoisotopic (exact) mass is 442 g/mol. The lowest BCUT2D eigenvalue weighted by Crippen LogP contribution is -2.30. The van der Waals surface area contributed by atoms with Crippen LogP contribution in [-0.4, -0.2) is 19.1 Å². The van der Waals surface area contributed by atoms with Gasteiger partial charge in [-0.2, -0.15) is 13.2 Å². The zero-order valence-corrected chi connectivity index (χ0v) is 15.9. The second-order valence-electron chi connectivity index (χ2n) is 6.29. The minimum atomic E-state index is -4.46. The first kappa shape index (κ1) is 19.7. The Balaban J connectivity index is 1.63. The number of benzene rings is 2. The van der Waals surface area contributed by atoms with Gasteiger partial charge in [0, 0.05) is 23.3 Å². The normalized spacial score (nSPS) is 17.0. The van der Waals surface area contributed by atoms with E-state index in [0.717, 1.165) is 18.1 Å². The summed E-state index contributed by atoms with van der Waals surface area (Å²) in [7, 11) is 0. The summed E-state index contributed by atoms with van der Waals surface area (Å²) in [4.78, 5) is 12.0. The van der Waals surface area contributed by atoms with E-state index in [4.69, 9.17) is 4.74 Å². The molecule has 1 aliphatic rings. The molecular weight excluding hydrogens is 425 g/mol. The average Bonchev–Trinajstić information content (AvgIpc) is 3.16. The molecule has 3 rings (SSSR count). The van der Waals surface area contributed by atoms with E-state index in [1.807, 2.05) is 0 Å². The number of hydrogen-bond acceptors (Lipinski definition) is 3. The van der Waals surface area contributed by atoms with Crippen molar-refractivity contribution in [2.45, 2.75) is 19.1 Å². The van der Waals surface area contributed by atoms with Gasteiger partial charge in [0.25, 0.3) is 0 Å². The molecule has 0 aliphatic carbocycles. The molecule has 1 amide bonds. The molecule has 2 aromatic rings. The van der Waals surface area contributed by atoms with Gasteiger partial charge in [-0.25, -0.2) is 0 Å². The van der Waals surface area contributed by atoms with Crippen molar-refractivity contribution in [1.29, 1.82) is 0 Å². The number of carbonyl (C=O) groups excluding carboxylic acids is 1. The zero-order valence-electron chi connectivity index (χ0n) is 14.3. The van der Waals surface area contributed by atoms with Crippen molar-refractivity contribution in [1.82, 2.24) is 5.32 Å². The van der Waals surface area contributed by atoms with E-state index < -0.39 is 11.7 Å². The highest BCUT2D eigenvalue weighted by Gasteiger charge is 2.33. The Labute approximate surface area is 163 Å². The first-order valence-corrected chi connectivity index (χ1v) is 9.20. The molecule has 2 aromatic carbocycles. The van der Waals surface area contributed by atoms with Crippen LogP contribution in [0.1, 0.15) is 17.5 Å². The molecule has 1 aliphatic heterocycles. The Kier molecular flexibility index (Phi) is 6.06. The van der Waals surface area contributed by atoms with Gasteiger partial charge in [-0.3, -0.25) is 4.79 Å². The fourth-order valence-corrected chi connectivity index (χ4v) is 3.16. The van der Waals surface area contributed by atoms with Crippen molar-refractivity contribution >= 4 is 33.2 Å².